The van der Waals surface area contributed by atoms with Gasteiger partial charge in [0, 0.05) is 36.2 Å². The van der Waals surface area contributed by atoms with E-state index in [1.807, 2.05) is 6.92 Å². The van der Waals surface area contributed by atoms with Gasteiger partial charge in [0.15, 0.2) is 5.69 Å². The zero-order chi connectivity index (χ0) is 17.1. The van der Waals surface area contributed by atoms with E-state index >= 15 is 0 Å². The van der Waals surface area contributed by atoms with Crippen LogP contribution in [0, 0.1) is 6.92 Å². The molecule has 1 aliphatic rings. The fourth-order valence-electron chi connectivity index (χ4n) is 3.07. The normalized spacial score (nSPS) is 16.6. The molecule has 0 amide bonds. The third-order valence-electron chi connectivity index (χ3n) is 4.26. The maximum Gasteiger partial charge on any atom is 0.356 e. The number of rotatable bonds is 6. The van der Waals surface area contributed by atoms with Crippen LogP contribution in [0.2, 0.25) is 0 Å². The van der Waals surface area contributed by atoms with E-state index in [9.17, 15) is 9.90 Å². The first-order chi connectivity index (χ1) is 11.6. The number of hydrogen-bond acceptors (Lipinski definition) is 5. The topological polar surface area (TPSA) is 92.9 Å². The van der Waals surface area contributed by atoms with Gasteiger partial charge < -0.3 is 10.4 Å². The number of nitrogens with one attached hydrogen (secondary N) is 1. The van der Waals surface area contributed by atoms with Gasteiger partial charge in [-0.15, -0.1) is 6.58 Å². The highest BCUT2D eigenvalue weighted by Crippen LogP contribution is 2.25. The summed E-state index contributed by atoms with van der Waals surface area (Å²) >= 11 is 0. The zero-order valence-electron chi connectivity index (χ0n) is 13.7. The van der Waals surface area contributed by atoms with Crippen LogP contribution in [0.1, 0.15) is 39.6 Å². The highest BCUT2D eigenvalue weighted by Gasteiger charge is 2.28. The van der Waals surface area contributed by atoms with E-state index in [2.05, 4.69) is 27.0 Å². The van der Waals surface area contributed by atoms with E-state index in [0.29, 0.717) is 19.5 Å². The predicted octanol–water partition coefficient (Wildman–Crippen LogP) is 1.51. The molecule has 7 nitrogen and oxygen atoms in total. The quantitative estimate of drug-likeness (QED) is 0.781. The van der Waals surface area contributed by atoms with Crippen molar-refractivity contribution in [1.82, 2.24) is 25.1 Å². The van der Waals surface area contributed by atoms with E-state index in [0.717, 1.165) is 35.5 Å². The molecule has 0 aliphatic heterocycles. The molecule has 0 saturated heterocycles. The standard InChI is InChI=1S/C17H21N5O2/c1-3-6-22-15-5-4-12(7-14(15)16(21-22)17(23)24)20-10-13-9-18-11(2)8-19-13/h3,8-9,12,20H,1,4-7,10H2,2H3,(H,23,24). The van der Waals surface area contributed by atoms with Crippen LogP contribution in [-0.2, 0) is 25.9 Å². The van der Waals surface area contributed by atoms with Gasteiger partial charge in [-0.05, 0) is 26.2 Å². The van der Waals surface area contributed by atoms with Gasteiger partial charge in [-0.3, -0.25) is 14.6 Å². The number of nitrogens with zero attached hydrogens (tertiary/aromatic N) is 4. The van der Waals surface area contributed by atoms with Gasteiger partial charge in [0.2, 0.25) is 0 Å². The number of aryl methyl sites for hydroxylation is 1. The molecule has 0 bridgehead atoms. The molecule has 2 aromatic heterocycles. The summed E-state index contributed by atoms with van der Waals surface area (Å²) in [5, 5.41) is 17.1. The Bertz CT molecular complexity index is 751. The van der Waals surface area contributed by atoms with Crippen LogP contribution < -0.4 is 5.32 Å². The number of hydrogen-bond donors (Lipinski definition) is 2. The van der Waals surface area contributed by atoms with E-state index in [1.165, 1.54) is 0 Å². The summed E-state index contributed by atoms with van der Waals surface area (Å²) in [7, 11) is 0. The number of aromatic nitrogens is 4. The van der Waals surface area contributed by atoms with Crippen molar-refractivity contribution in [2.24, 2.45) is 0 Å². The summed E-state index contributed by atoms with van der Waals surface area (Å²) in [4.78, 5) is 20.0. The minimum absolute atomic E-state index is 0.161. The van der Waals surface area contributed by atoms with Gasteiger partial charge in [0.05, 0.1) is 17.9 Å². The van der Waals surface area contributed by atoms with Crippen LogP contribution >= 0.6 is 0 Å². The lowest BCUT2D eigenvalue weighted by atomic mass is 9.91. The molecule has 2 aromatic rings. The Kier molecular flexibility index (Phi) is 4.71. The van der Waals surface area contributed by atoms with E-state index in [1.54, 1.807) is 23.2 Å². The first kappa shape index (κ1) is 16.3. The van der Waals surface area contributed by atoms with Crippen molar-refractivity contribution >= 4 is 5.97 Å². The molecule has 0 spiro atoms. The minimum atomic E-state index is -0.973. The molecule has 0 aromatic carbocycles. The zero-order valence-corrected chi connectivity index (χ0v) is 13.7. The second-order valence-corrected chi connectivity index (χ2v) is 6.02. The monoisotopic (exact) mass is 327 g/mol. The van der Waals surface area contributed by atoms with Gasteiger partial charge in [0.25, 0.3) is 0 Å². The SMILES string of the molecule is C=CCn1nc(C(=O)O)c2c1CCC(NCc1cnc(C)cn1)C2. The molecular formula is C17H21N5O2. The van der Waals surface area contributed by atoms with Crippen molar-refractivity contribution in [2.45, 2.75) is 45.3 Å². The van der Waals surface area contributed by atoms with Crippen LogP contribution in [0.25, 0.3) is 0 Å². The fraction of sp³-hybridized carbons (Fsp3) is 0.412. The van der Waals surface area contributed by atoms with Crippen molar-refractivity contribution in [3.05, 3.63) is 53.4 Å². The molecule has 24 heavy (non-hydrogen) atoms. The fourth-order valence-corrected chi connectivity index (χ4v) is 3.07. The van der Waals surface area contributed by atoms with E-state index < -0.39 is 5.97 Å². The Morgan fingerprint density at radius 1 is 1.50 bits per heavy atom. The molecule has 1 atom stereocenters. The number of allylic oxidation sites excluding steroid dienone is 1. The largest absolute Gasteiger partial charge is 0.476 e. The summed E-state index contributed by atoms with van der Waals surface area (Å²) in [6, 6.07) is 0.208. The molecular weight excluding hydrogens is 306 g/mol. The van der Waals surface area contributed by atoms with Crippen molar-refractivity contribution < 1.29 is 9.90 Å². The number of fused-ring (bicyclic) bond motifs is 1. The summed E-state index contributed by atoms with van der Waals surface area (Å²) in [6.45, 7) is 6.77. The summed E-state index contributed by atoms with van der Waals surface area (Å²) in [6.07, 6.45) is 7.65. The molecule has 2 N–H and O–H groups in total. The van der Waals surface area contributed by atoms with Crippen molar-refractivity contribution in [3.8, 4) is 0 Å². The lowest BCUT2D eigenvalue weighted by Crippen LogP contribution is -2.35. The van der Waals surface area contributed by atoms with Gasteiger partial charge in [-0.25, -0.2) is 4.79 Å². The molecule has 1 aliphatic carbocycles. The molecule has 3 rings (SSSR count). The van der Waals surface area contributed by atoms with Crippen molar-refractivity contribution in [2.75, 3.05) is 0 Å². The Morgan fingerprint density at radius 2 is 2.33 bits per heavy atom. The molecule has 2 heterocycles. The molecule has 0 saturated carbocycles. The average molecular weight is 327 g/mol. The molecule has 1 unspecified atom stereocenters. The highest BCUT2D eigenvalue weighted by atomic mass is 16.4. The Balaban J connectivity index is 1.72. The van der Waals surface area contributed by atoms with E-state index in [-0.39, 0.29) is 11.7 Å². The van der Waals surface area contributed by atoms with Crippen molar-refractivity contribution in [3.63, 3.8) is 0 Å². The van der Waals surface area contributed by atoms with Crippen LogP contribution in [0.3, 0.4) is 0 Å². The second-order valence-electron chi connectivity index (χ2n) is 6.02. The summed E-state index contributed by atoms with van der Waals surface area (Å²) in [5.74, 6) is -0.973. The summed E-state index contributed by atoms with van der Waals surface area (Å²) < 4.78 is 1.76. The number of aromatic carboxylic acids is 1. The first-order valence-electron chi connectivity index (χ1n) is 8.02. The smallest absolute Gasteiger partial charge is 0.356 e. The van der Waals surface area contributed by atoms with E-state index in [4.69, 9.17) is 0 Å². The molecule has 126 valence electrons. The maximum absolute atomic E-state index is 11.5. The summed E-state index contributed by atoms with van der Waals surface area (Å²) in [5.41, 5.74) is 3.78. The third kappa shape index (κ3) is 3.35. The lowest BCUT2D eigenvalue weighted by molar-refractivity contribution is 0.0688. The van der Waals surface area contributed by atoms with Crippen LogP contribution in [-0.4, -0.2) is 36.9 Å². The van der Waals surface area contributed by atoms with Gasteiger partial charge in [0.1, 0.15) is 0 Å². The van der Waals surface area contributed by atoms with Gasteiger partial charge in [-0.1, -0.05) is 6.08 Å². The minimum Gasteiger partial charge on any atom is -0.476 e. The number of carbonyl (C=O) groups is 1. The first-order valence-corrected chi connectivity index (χ1v) is 8.02. The van der Waals surface area contributed by atoms with Gasteiger partial charge >= 0.3 is 5.97 Å². The molecule has 0 fully saturated rings. The predicted molar refractivity (Wildman–Crippen MR) is 88.8 cm³/mol. The number of carboxylic acid groups (broad SMARTS) is 1. The van der Waals surface area contributed by atoms with Crippen molar-refractivity contribution in [1.29, 1.82) is 0 Å². The Morgan fingerprint density at radius 3 is 3.00 bits per heavy atom. The maximum atomic E-state index is 11.5. The van der Waals surface area contributed by atoms with Crippen LogP contribution in [0.15, 0.2) is 25.0 Å². The van der Waals surface area contributed by atoms with Crippen LogP contribution in [0.4, 0.5) is 0 Å². The number of carboxylic acids is 1. The Hall–Kier alpha value is -2.54. The highest BCUT2D eigenvalue weighted by molar-refractivity contribution is 5.87. The molecule has 7 heteroatoms. The van der Waals surface area contributed by atoms with Crippen LogP contribution in [0.5, 0.6) is 0 Å². The molecule has 0 radical (unpaired) electrons. The van der Waals surface area contributed by atoms with Gasteiger partial charge in [-0.2, -0.15) is 5.10 Å². The lowest BCUT2D eigenvalue weighted by Gasteiger charge is -2.24. The Labute approximate surface area is 140 Å². The third-order valence-corrected chi connectivity index (χ3v) is 4.26. The second kappa shape index (κ2) is 6.92. The average Bonchev–Trinajstić information content (AvgIpc) is 2.93.